The monoisotopic (exact) mass is 665 g/mol. The van der Waals surface area contributed by atoms with Gasteiger partial charge in [0.05, 0.1) is 6.04 Å². The number of nitrogens with zero attached hydrogens (tertiary/aromatic N) is 5. The van der Waals surface area contributed by atoms with Gasteiger partial charge in [-0.25, -0.2) is 4.98 Å². The minimum atomic E-state index is 0.195. The van der Waals surface area contributed by atoms with E-state index in [0.717, 1.165) is 69.7 Å². The zero-order valence-electron chi connectivity index (χ0n) is 29.5. The van der Waals surface area contributed by atoms with Gasteiger partial charge in [0, 0.05) is 44.4 Å². The van der Waals surface area contributed by atoms with Crippen molar-refractivity contribution < 1.29 is 4.42 Å². The van der Waals surface area contributed by atoms with E-state index in [1.807, 2.05) is 11.9 Å². The van der Waals surface area contributed by atoms with Crippen molar-refractivity contribution in [3.05, 3.63) is 119 Å². The number of anilines is 1. The molecular formula is C41H55N5OS. The second-order valence-electron chi connectivity index (χ2n) is 13.8. The zero-order valence-corrected chi connectivity index (χ0v) is 30.3. The summed E-state index contributed by atoms with van der Waals surface area (Å²) in [5.74, 6) is 3.11. The minimum Gasteiger partial charge on any atom is -0.423 e. The summed E-state index contributed by atoms with van der Waals surface area (Å²) in [5, 5.41) is 0.487. The van der Waals surface area contributed by atoms with Crippen LogP contribution in [0.2, 0.25) is 0 Å². The largest absolute Gasteiger partial charge is 0.423 e. The van der Waals surface area contributed by atoms with Crippen LogP contribution in [-0.2, 0) is 13.0 Å². The highest BCUT2D eigenvalue weighted by Crippen LogP contribution is 2.48. The number of oxazole rings is 1. The molecule has 3 aromatic carbocycles. The second-order valence-corrected chi connectivity index (χ2v) is 15.3. The molecule has 0 bridgehead atoms. The zero-order chi connectivity index (χ0) is 33.3. The molecule has 1 aromatic heterocycles. The highest BCUT2D eigenvalue weighted by Gasteiger charge is 2.38. The summed E-state index contributed by atoms with van der Waals surface area (Å²) in [4.78, 5) is 13.1. The van der Waals surface area contributed by atoms with Crippen LogP contribution < -0.4 is 4.90 Å². The van der Waals surface area contributed by atoms with E-state index in [1.54, 1.807) is 0 Å². The Morgan fingerprint density at radius 1 is 0.750 bits per heavy atom. The first-order valence-corrected chi connectivity index (χ1v) is 19.0. The molecular weight excluding hydrogens is 611 g/mol. The lowest BCUT2D eigenvalue weighted by molar-refractivity contribution is 0.0925. The van der Waals surface area contributed by atoms with Crippen LogP contribution in [0, 0.1) is 11.8 Å². The minimum absolute atomic E-state index is 0.195. The molecule has 6 nitrogen and oxygen atoms in total. The van der Waals surface area contributed by atoms with Gasteiger partial charge in [-0.2, -0.15) is 0 Å². The molecule has 256 valence electrons. The van der Waals surface area contributed by atoms with Crippen LogP contribution in [0.3, 0.4) is 0 Å². The van der Waals surface area contributed by atoms with E-state index in [-0.39, 0.29) is 6.04 Å². The molecule has 2 aliphatic rings. The van der Waals surface area contributed by atoms with Crippen molar-refractivity contribution >= 4 is 17.8 Å². The van der Waals surface area contributed by atoms with Crippen molar-refractivity contribution in [1.82, 2.24) is 19.1 Å². The summed E-state index contributed by atoms with van der Waals surface area (Å²) in [5.41, 5.74) is 5.20. The van der Waals surface area contributed by atoms with Crippen LogP contribution in [-0.4, -0.2) is 72.5 Å². The lowest BCUT2D eigenvalue weighted by Crippen LogP contribution is -2.46. The Kier molecular flexibility index (Phi) is 12.3. The van der Waals surface area contributed by atoms with Gasteiger partial charge in [0.15, 0.2) is 0 Å². The first kappa shape index (κ1) is 34.8. The molecule has 0 spiro atoms. The number of hydrogen-bond donors (Lipinski definition) is 0. The van der Waals surface area contributed by atoms with Crippen molar-refractivity contribution in [2.24, 2.45) is 11.8 Å². The molecule has 1 saturated heterocycles. The molecule has 2 atom stereocenters. The van der Waals surface area contributed by atoms with Crippen LogP contribution in [0.4, 0.5) is 5.88 Å². The maximum absolute atomic E-state index is 7.02. The number of piperazine rings is 1. The van der Waals surface area contributed by atoms with Gasteiger partial charge in [0.25, 0.3) is 0 Å². The lowest BCUT2D eigenvalue weighted by Gasteiger charge is -2.40. The molecule has 48 heavy (non-hydrogen) atoms. The third-order valence-electron chi connectivity index (χ3n) is 10.4. The lowest BCUT2D eigenvalue weighted by atomic mass is 9.75. The van der Waals surface area contributed by atoms with Crippen molar-refractivity contribution in [1.29, 1.82) is 0 Å². The SMILES string of the molecule is CCN(CC)C(c1nc(Cc2ccccc2)c(N2CCN(Cc3ccccc3)CC2)o1)C1CCC(C(SN(C)C)c2ccccc2)CC1. The van der Waals surface area contributed by atoms with E-state index in [0.29, 0.717) is 17.1 Å². The van der Waals surface area contributed by atoms with Gasteiger partial charge in [-0.3, -0.25) is 14.1 Å². The van der Waals surface area contributed by atoms with E-state index in [4.69, 9.17) is 9.40 Å². The van der Waals surface area contributed by atoms with Crippen molar-refractivity contribution in [3.8, 4) is 0 Å². The topological polar surface area (TPSA) is 39.0 Å². The molecule has 7 heteroatoms. The summed E-state index contributed by atoms with van der Waals surface area (Å²) < 4.78 is 9.30. The molecule has 1 saturated carbocycles. The van der Waals surface area contributed by atoms with Crippen LogP contribution in [0.5, 0.6) is 0 Å². The fraction of sp³-hybridized carbons (Fsp3) is 0.488. The molecule has 2 heterocycles. The van der Waals surface area contributed by atoms with Crippen LogP contribution in [0.25, 0.3) is 0 Å². The standard InChI is InChI=1S/C41H55N5OS/c1-5-45(6-2)38(34-22-24-36(25-23-34)39(48-43(3)4)35-20-14-9-15-21-35)40-42-37(30-32-16-10-7-11-17-32)41(47-40)46-28-26-44(27-29-46)31-33-18-12-8-13-19-33/h7-21,34,36,38-39H,5-6,22-31H2,1-4H3. The van der Waals surface area contributed by atoms with Crippen molar-refractivity contribution in [2.75, 3.05) is 58.3 Å². The second kappa shape index (κ2) is 17.0. The van der Waals surface area contributed by atoms with Crippen LogP contribution >= 0.6 is 11.9 Å². The molecule has 1 aliphatic carbocycles. The Labute approximate surface area is 293 Å². The number of hydrogen-bond acceptors (Lipinski definition) is 7. The highest BCUT2D eigenvalue weighted by molar-refractivity contribution is 7.97. The summed E-state index contributed by atoms with van der Waals surface area (Å²) >= 11 is 1.99. The van der Waals surface area contributed by atoms with Gasteiger partial charge in [-0.05, 0) is 81.4 Å². The van der Waals surface area contributed by atoms with Gasteiger partial charge >= 0.3 is 0 Å². The van der Waals surface area contributed by atoms with E-state index < -0.39 is 0 Å². The number of benzene rings is 3. The summed E-state index contributed by atoms with van der Waals surface area (Å²) in [7, 11) is 4.36. The predicted molar refractivity (Wildman–Crippen MR) is 201 cm³/mol. The average Bonchev–Trinajstić information content (AvgIpc) is 3.54. The number of aromatic nitrogens is 1. The molecule has 4 aromatic rings. The van der Waals surface area contributed by atoms with E-state index >= 15 is 0 Å². The molecule has 2 unspecified atom stereocenters. The van der Waals surface area contributed by atoms with Gasteiger partial charge in [-0.1, -0.05) is 117 Å². The summed E-state index contributed by atoms with van der Waals surface area (Å²) in [6.45, 7) is 11.5. The van der Waals surface area contributed by atoms with E-state index in [9.17, 15) is 0 Å². The molecule has 1 aliphatic heterocycles. The van der Waals surface area contributed by atoms with Gasteiger partial charge < -0.3 is 9.32 Å². The summed E-state index contributed by atoms with van der Waals surface area (Å²) in [6, 6.07) is 33.0. The van der Waals surface area contributed by atoms with Gasteiger partial charge in [0.1, 0.15) is 5.69 Å². The Bertz CT molecular complexity index is 1490. The van der Waals surface area contributed by atoms with Crippen molar-refractivity contribution in [3.63, 3.8) is 0 Å². The first-order chi connectivity index (χ1) is 23.5. The maximum Gasteiger partial charge on any atom is 0.220 e. The Morgan fingerprint density at radius 2 is 1.31 bits per heavy atom. The Morgan fingerprint density at radius 3 is 1.90 bits per heavy atom. The fourth-order valence-electron chi connectivity index (χ4n) is 7.92. The molecule has 0 amide bonds. The smallest absolute Gasteiger partial charge is 0.220 e. The number of rotatable bonds is 14. The third-order valence-corrected chi connectivity index (χ3v) is 11.7. The van der Waals surface area contributed by atoms with Gasteiger partial charge in [0.2, 0.25) is 11.8 Å². The average molecular weight is 666 g/mol. The predicted octanol–water partition coefficient (Wildman–Crippen LogP) is 8.73. The van der Waals surface area contributed by atoms with E-state index in [1.165, 1.54) is 42.4 Å². The third kappa shape index (κ3) is 8.73. The van der Waals surface area contributed by atoms with E-state index in [2.05, 4.69) is 138 Å². The molecule has 0 N–H and O–H groups in total. The fourth-order valence-corrected chi connectivity index (χ4v) is 9.09. The highest BCUT2D eigenvalue weighted by atomic mass is 32.2. The summed E-state index contributed by atoms with van der Waals surface area (Å²) in [6.07, 6.45) is 5.66. The quantitative estimate of drug-likeness (QED) is 0.125. The maximum atomic E-state index is 7.02. The first-order valence-electron chi connectivity index (χ1n) is 18.2. The normalized spacial score (nSPS) is 20.3. The Balaban J connectivity index is 1.23. The van der Waals surface area contributed by atoms with Crippen LogP contribution in [0.15, 0.2) is 95.4 Å². The molecule has 6 rings (SSSR count). The van der Waals surface area contributed by atoms with Crippen molar-refractivity contribution in [2.45, 2.75) is 63.8 Å². The van der Waals surface area contributed by atoms with Crippen LogP contribution in [0.1, 0.15) is 79.1 Å². The molecule has 2 fully saturated rings. The Hall–Kier alpha value is -3.10. The van der Waals surface area contributed by atoms with Gasteiger partial charge in [-0.15, -0.1) is 0 Å². The molecule has 0 radical (unpaired) electrons.